The van der Waals surface area contributed by atoms with E-state index in [9.17, 15) is 0 Å². The van der Waals surface area contributed by atoms with Gasteiger partial charge in [-0.2, -0.15) is 0 Å². The first-order chi connectivity index (χ1) is 25.5. The average molecular weight is 733 g/mol. The summed E-state index contributed by atoms with van der Waals surface area (Å²) < 4.78 is 6.82. The zero-order valence-corrected chi connectivity index (χ0v) is 36.3. The molecular weight excluding hydrogens is 669 g/mol. The molecule has 1 nitrogen and oxygen atoms in total. The normalized spacial score (nSPS) is 15.4. The molecule has 0 spiro atoms. The van der Waals surface area contributed by atoms with Crippen molar-refractivity contribution in [3.63, 3.8) is 0 Å². The molecule has 0 N–H and O–H groups in total. The van der Waals surface area contributed by atoms with Gasteiger partial charge in [-0.15, -0.1) is 0 Å². The van der Waals surface area contributed by atoms with E-state index in [4.69, 9.17) is 4.74 Å². The van der Waals surface area contributed by atoms with Crippen molar-refractivity contribution in [2.24, 2.45) is 0 Å². The lowest BCUT2D eigenvalue weighted by atomic mass is 9.80. The smallest absolute Gasteiger partial charge is 0.122 e. The first kappa shape index (κ1) is 39.5. The Labute approximate surface area is 328 Å². The molecule has 0 heterocycles. The maximum atomic E-state index is 6.82. The molecule has 0 radical (unpaired) electrons. The molecular formula is C52H64OSi. The van der Waals surface area contributed by atoms with Gasteiger partial charge in [-0.1, -0.05) is 192 Å². The van der Waals surface area contributed by atoms with E-state index in [0.717, 1.165) is 18.6 Å². The summed E-state index contributed by atoms with van der Waals surface area (Å²) in [4.78, 5) is 0. The van der Waals surface area contributed by atoms with Gasteiger partial charge in [0.1, 0.15) is 12.4 Å². The highest BCUT2D eigenvalue weighted by atomic mass is 28.3. The van der Waals surface area contributed by atoms with E-state index in [1.54, 1.807) is 0 Å². The molecule has 5 aromatic carbocycles. The minimum absolute atomic E-state index is 0.00903. The molecule has 2 heteroatoms. The third-order valence-electron chi connectivity index (χ3n) is 12.4. The second-order valence-electron chi connectivity index (χ2n) is 18.6. The van der Waals surface area contributed by atoms with E-state index in [1.165, 1.54) is 71.9 Å². The number of ether oxygens (including phenoxy) is 1. The van der Waals surface area contributed by atoms with Crippen LogP contribution in [0, 0.1) is 0 Å². The first-order valence-electron chi connectivity index (χ1n) is 20.4. The van der Waals surface area contributed by atoms with Crippen LogP contribution in [0.15, 0.2) is 110 Å². The van der Waals surface area contributed by atoms with Gasteiger partial charge < -0.3 is 4.74 Å². The predicted molar refractivity (Wildman–Crippen MR) is 239 cm³/mol. The van der Waals surface area contributed by atoms with Crippen LogP contribution in [-0.2, 0) is 10.8 Å². The zero-order chi connectivity index (χ0) is 39.2. The summed E-state index contributed by atoms with van der Waals surface area (Å²) in [7, 11) is -2.43. The number of hydrogen-bond acceptors (Lipinski definition) is 1. The van der Waals surface area contributed by atoms with Crippen molar-refractivity contribution in [2.45, 2.75) is 123 Å². The molecule has 0 bridgehead atoms. The van der Waals surface area contributed by atoms with Gasteiger partial charge in [-0.25, -0.2) is 0 Å². The fourth-order valence-corrected chi connectivity index (χ4v) is 12.1. The van der Waals surface area contributed by atoms with Crippen molar-refractivity contribution in [3.8, 4) is 39.1 Å². The van der Waals surface area contributed by atoms with Gasteiger partial charge in [0.05, 0.1) is 8.07 Å². The van der Waals surface area contributed by atoms with Crippen molar-refractivity contribution in [1.29, 1.82) is 0 Å². The lowest BCUT2D eigenvalue weighted by Gasteiger charge is -2.37. The summed E-state index contributed by atoms with van der Waals surface area (Å²) >= 11 is 0. The molecule has 2 unspecified atom stereocenters. The van der Waals surface area contributed by atoms with Crippen molar-refractivity contribution >= 4 is 13.3 Å². The molecule has 54 heavy (non-hydrogen) atoms. The quantitative estimate of drug-likeness (QED) is 0.0970. The van der Waals surface area contributed by atoms with E-state index >= 15 is 0 Å². The van der Waals surface area contributed by atoms with Crippen molar-refractivity contribution in [3.05, 3.63) is 143 Å². The Kier molecular flexibility index (Phi) is 11.1. The predicted octanol–water partition coefficient (Wildman–Crippen LogP) is 14.5. The standard InChI is InChI=1S/C52H64OSi/c1-14-29-53-49-47(52(9,10)11)32-42(51(6,7)8)33-48(49)54(12,13)50-45-30-40(38-21-17-36(18-22-38)34(4)15-2)25-27-43(45)44-28-26-41(31-46(44)50)39-23-19-37(20-24-39)35(5)16-3/h14,17-28,30-35,50H,1,15-16,29H2,2-13H3. The molecule has 0 aromatic heterocycles. The Morgan fingerprint density at radius 2 is 1.07 bits per heavy atom. The van der Waals surface area contributed by atoms with Crippen LogP contribution in [0.5, 0.6) is 5.75 Å². The highest BCUT2D eigenvalue weighted by molar-refractivity contribution is 6.92. The topological polar surface area (TPSA) is 9.23 Å². The van der Waals surface area contributed by atoms with E-state index < -0.39 is 8.07 Å². The van der Waals surface area contributed by atoms with Crippen LogP contribution in [0.1, 0.15) is 133 Å². The Morgan fingerprint density at radius 1 is 0.630 bits per heavy atom. The molecule has 1 aliphatic carbocycles. The van der Waals surface area contributed by atoms with E-state index in [0.29, 0.717) is 18.4 Å². The lowest BCUT2D eigenvalue weighted by molar-refractivity contribution is 0.353. The van der Waals surface area contributed by atoms with E-state index in [-0.39, 0.29) is 16.4 Å². The van der Waals surface area contributed by atoms with Gasteiger partial charge in [0.15, 0.2) is 0 Å². The summed E-state index contributed by atoms with van der Waals surface area (Å²) in [6.07, 6.45) is 4.18. The Morgan fingerprint density at radius 3 is 1.46 bits per heavy atom. The minimum Gasteiger partial charge on any atom is -0.489 e. The van der Waals surface area contributed by atoms with Gasteiger partial charge in [0.2, 0.25) is 0 Å². The van der Waals surface area contributed by atoms with Gasteiger partial charge in [-0.05, 0) is 107 Å². The van der Waals surface area contributed by atoms with Crippen LogP contribution < -0.4 is 9.92 Å². The minimum atomic E-state index is -2.43. The summed E-state index contributed by atoms with van der Waals surface area (Å²) in [6, 6.07) is 38.1. The molecule has 1 aliphatic rings. The highest BCUT2D eigenvalue weighted by Crippen LogP contribution is 2.52. The fourth-order valence-electron chi connectivity index (χ4n) is 8.43. The fraction of sp³-hybridized carbons (Fsp3) is 0.385. The summed E-state index contributed by atoms with van der Waals surface area (Å²) in [5.74, 6) is 2.18. The Hall–Kier alpha value is -4.14. The number of hydrogen-bond donors (Lipinski definition) is 0. The summed E-state index contributed by atoms with van der Waals surface area (Å²) in [6.45, 7) is 32.9. The molecule has 0 amide bonds. The van der Waals surface area contributed by atoms with Gasteiger partial charge in [-0.3, -0.25) is 0 Å². The molecule has 282 valence electrons. The monoisotopic (exact) mass is 732 g/mol. The highest BCUT2D eigenvalue weighted by Gasteiger charge is 2.45. The van der Waals surface area contributed by atoms with Crippen LogP contribution in [0.25, 0.3) is 33.4 Å². The zero-order valence-electron chi connectivity index (χ0n) is 35.3. The van der Waals surface area contributed by atoms with Gasteiger partial charge in [0.25, 0.3) is 0 Å². The van der Waals surface area contributed by atoms with Crippen LogP contribution in [0.4, 0.5) is 0 Å². The first-order valence-corrected chi connectivity index (χ1v) is 23.5. The second-order valence-corrected chi connectivity index (χ2v) is 23.2. The van der Waals surface area contributed by atoms with Crippen LogP contribution in [0.2, 0.25) is 13.1 Å². The molecule has 0 saturated carbocycles. The Balaban J connectivity index is 1.59. The molecule has 0 saturated heterocycles. The van der Waals surface area contributed by atoms with Gasteiger partial charge >= 0.3 is 0 Å². The second kappa shape index (κ2) is 15.2. The molecule has 2 atom stereocenters. The van der Waals surface area contributed by atoms with Crippen LogP contribution in [-0.4, -0.2) is 14.7 Å². The van der Waals surface area contributed by atoms with E-state index in [2.05, 4.69) is 186 Å². The van der Waals surface area contributed by atoms with Crippen molar-refractivity contribution < 1.29 is 4.74 Å². The van der Waals surface area contributed by atoms with Gasteiger partial charge in [0, 0.05) is 5.54 Å². The van der Waals surface area contributed by atoms with Crippen molar-refractivity contribution in [2.75, 3.05) is 6.61 Å². The number of fused-ring (bicyclic) bond motifs is 3. The number of benzene rings is 5. The Bertz CT molecular complexity index is 2020. The lowest BCUT2D eigenvalue weighted by Crippen LogP contribution is -2.49. The molecule has 6 rings (SSSR count). The number of rotatable bonds is 11. The average Bonchev–Trinajstić information content (AvgIpc) is 3.49. The third-order valence-corrected chi connectivity index (χ3v) is 16.2. The van der Waals surface area contributed by atoms with Crippen LogP contribution >= 0.6 is 0 Å². The third kappa shape index (κ3) is 7.56. The maximum Gasteiger partial charge on any atom is 0.122 e. The molecule has 0 aliphatic heterocycles. The van der Waals surface area contributed by atoms with Crippen LogP contribution in [0.3, 0.4) is 0 Å². The van der Waals surface area contributed by atoms with Crippen molar-refractivity contribution in [1.82, 2.24) is 0 Å². The summed E-state index contributed by atoms with van der Waals surface area (Å²) in [5, 5.41) is 1.40. The van der Waals surface area contributed by atoms with E-state index in [1.807, 2.05) is 6.08 Å². The SMILES string of the molecule is C=CCOc1c(C(C)(C)C)cc(C(C)(C)C)cc1[Si](C)(C)C1c2cc(-c3ccc(C(C)CC)cc3)ccc2-c2ccc(-c3ccc(C(C)CC)cc3)cc21. The maximum absolute atomic E-state index is 6.82. The largest absolute Gasteiger partial charge is 0.489 e. The molecule has 5 aromatic rings. The summed E-state index contributed by atoms with van der Waals surface area (Å²) in [5.41, 5.74) is 16.4. The molecule has 0 fully saturated rings.